The second kappa shape index (κ2) is 9.31. The summed E-state index contributed by atoms with van der Waals surface area (Å²) in [7, 11) is 1.35. The highest BCUT2D eigenvalue weighted by atomic mass is 16.5. The topological polar surface area (TPSA) is 116 Å². The Morgan fingerprint density at radius 3 is 1.82 bits per heavy atom. The maximum Gasteiger partial charge on any atom is 0.311 e. The number of esters is 1. The number of carbonyl (C=O) groups excluding carboxylic acids is 1. The summed E-state index contributed by atoms with van der Waals surface area (Å²) in [6.45, 7) is 0. The fraction of sp³-hybridized carbons (Fsp3) is 0.200. The van der Waals surface area contributed by atoms with Gasteiger partial charge in [-0.2, -0.15) is 0 Å². The molecule has 0 aliphatic carbocycles. The van der Waals surface area contributed by atoms with Crippen molar-refractivity contribution in [3.8, 4) is 0 Å². The average Bonchev–Trinajstić information content (AvgIpc) is 3.27. The Morgan fingerprint density at radius 2 is 1.36 bits per heavy atom. The molecule has 0 fully saturated rings. The van der Waals surface area contributed by atoms with Crippen molar-refractivity contribution in [2.24, 2.45) is 0 Å². The van der Waals surface area contributed by atoms with E-state index in [2.05, 4.69) is 15.1 Å². The molecule has 2 heterocycles. The molecule has 0 spiro atoms. The molecule has 0 aliphatic rings. The molecule has 28 heavy (non-hydrogen) atoms. The number of aliphatic carboxylic acids is 1. The first-order valence-corrected chi connectivity index (χ1v) is 8.03. The number of nitrogens with zero attached hydrogens (tertiary/aromatic N) is 2. The molecular formula is C20H20N2O6. The quantitative estimate of drug-likeness (QED) is 0.530. The number of hydrogen-bond acceptors (Lipinski definition) is 7. The van der Waals surface area contributed by atoms with Gasteiger partial charge < -0.3 is 18.9 Å². The number of benzene rings is 2. The van der Waals surface area contributed by atoms with Crippen LogP contribution in [0.15, 0.2) is 57.6 Å². The Hall–Kier alpha value is -3.68. The molecule has 0 atom stereocenters. The maximum atomic E-state index is 11.0. The van der Waals surface area contributed by atoms with E-state index in [4.69, 9.17) is 14.2 Å². The van der Waals surface area contributed by atoms with E-state index in [1.807, 2.05) is 36.4 Å². The van der Waals surface area contributed by atoms with Gasteiger partial charge in [0.15, 0.2) is 11.2 Å². The Balaban J connectivity index is 0.000000194. The first kappa shape index (κ1) is 20.6. The van der Waals surface area contributed by atoms with Crippen LogP contribution in [0.4, 0.5) is 0 Å². The average molecular weight is 384 g/mol. The second-order valence-corrected chi connectivity index (χ2v) is 5.57. The molecule has 4 rings (SSSR count). The fourth-order valence-corrected chi connectivity index (χ4v) is 2.48. The first-order valence-electron chi connectivity index (χ1n) is 8.03. The van der Waals surface area contributed by atoms with Crippen LogP contribution in [0, 0.1) is 0 Å². The van der Waals surface area contributed by atoms with Crippen molar-refractivity contribution in [3.63, 3.8) is 0 Å². The van der Waals surface area contributed by atoms with Crippen molar-refractivity contribution >= 4 is 33.9 Å². The van der Waals surface area contributed by atoms with Crippen molar-refractivity contribution in [1.29, 1.82) is 0 Å². The third-order valence-electron chi connectivity index (χ3n) is 3.76. The zero-order chi connectivity index (χ0) is 19.2. The summed E-state index contributed by atoms with van der Waals surface area (Å²) >= 11 is 0. The number of ether oxygens (including phenoxy) is 1. The summed E-state index contributed by atoms with van der Waals surface area (Å²) < 4.78 is 14.5. The van der Waals surface area contributed by atoms with Crippen molar-refractivity contribution in [3.05, 3.63) is 59.9 Å². The van der Waals surface area contributed by atoms with Gasteiger partial charge in [0, 0.05) is 10.8 Å². The Bertz CT molecular complexity index is 1080. The number of methoxy groups -OCH3 is 1. The lowest BCUT2D eigenvalue weighted by atomic mass is 10.2. The molecule has 0 unspecified atom stereocenters. The third-order valence-corrected chi connectivity index (χ3v) is 3.76. The number of carboxylic acids is 1. The van der Waals surface area contributed by atoms with Gasteiger partial charge in [-0.05, 0) is 24.3 Å². The van der Waals surface area contributed by atoms with Crippen LogP contribution in [0.2, 0.25) is 0 Å². The van der Waals surface area contributed by atoms with Crippen molar-refractivity contribution in [1.82, 2.24) is 10.3 Å². The van der Waals surface area contributed by atoms with Crippen molar-refractivity contribution < 1.29 is 28.5 Å². The lowest BCUT2D eigenvalue weighted by Crippen LogP contribution is -2.04. The zero-order valence-electron chi connectivity index (χ0n) is 14.4. The van der Waals surface area contributed by atoms with Crippen LogP contribution < -0.4 is 0 Å². The van der Waals surface area contributed by atoms with Crippen LogP contribution >= 0.6 is 0 Å². The van der Waals surface area contributed by atoms with Gasteiger partial charge in [-0.3, -0.25) is 9.59 Å². The molecule has 8 nitrogen and oxygen atoms in total. The number of carboxylic acid groups (broad SMARTS) is 1. The molecule has 0 saturated heterocycles. The largest absolute Gasteiger partial charge is 0.481 e. The predicted octanol–water partition coefficient (Wildman–Crippen LogP) is 3.63. The number of para-hydroxylation sites is 2. The van der Waals surface area contributed by atoms with Crippen LogP contribution in [-0.2, 0) is 27.2 Å². The first-order chi connectivity index (χ1) is 13.1. The third kappa shape index (κ3) is 4.73. The standard InChI is InChI=1S/C10H9NO3.C9H7NO3.CH4/c1-13-10(12)6-8-7-4-2-3-5-9(7)14-11-8;11-9(12)5-7-6-3-1-2-4-8(6)13-10-7;/h2-5H,6H2,1H3;1-4H,5H2,(H,11,12);1H4. The molecule has 146 valence electrons. The van der Waals surface area contributed by atoms with Gasteiger partial charge in [0.1, 0.15) is 11.4 Å². The Morgan fingerprint density at radius 1 is 0.893 bits per heavy atom. The maximum absolute atomic E-state index is 11.0. The van der Waals surface area contributed by atoms with Gasteiger partial charge in [0.05, 0.1) is 20.0 Å². The van der Waals surface area contributed by atoms with Gasteiger partial charge in [0.2, 0.25) is 0 Å². The minimum Gasteiger partial charge on any atom is -0.481 e. The van der Waals surface area contributed by atoms with Gasteiger partial charge in [-0.1, -0.05) is 42.0 Å². The highest BCUT2D eigenvalue weighted by molar-refractivity contribution is 5.84. The van der Waals surface area contributed by atoms with E-state index in [1.54, 1.807) is 12.1 Å². The molecule has 0 radical (unpaired) electrons. The molecule has 4 aromatic rings. The van der Waals surface area contributed by atoms with E-state index in [9.17, 15) is 9.59 Å². The molecule has 2 aromatic carbocycles. The van der Waals surface area contributed by atoms with Crippen LogP contribution in [-0.4, -0.2) is 34.5 Å². The van der Waals surface area contributed by atoms with Gasteiger partial charge in [-0.15, -0.1) is 0 Å². The van der Waals surface area contributed by atoms with Crippen LogP contribution in [0.25, 0.3) is 21.9 Å². The van der Waals surface area contributed by atoms with Crippen LogP contribution in [0.5, 0.6) is 0 Å². The minimum absolute atomic E-state index is 0. The molecule has 1 N–H and O–H groups in total. The van der Waals surface area contributed by atoms with Gasteiger partial charge in [-0.25, -0.2) is 0 Å². The summed E-state index contributed by atoms with van der Waals surface area (Å²) in [4.78, 5) is 21.4. The molecule has 8 heteroatoms. The van der Waals surface area contributed by atoms with Crippen molar-refractivity contribution in [2.45, 2.75) is 20.3 Å². The van der Waals surface area contributed by atoms with Gasteiger partial charge >= 0.3 is 11.9 Å². The Labute approximate surface area is 160 Å². The lowest BCUT2D eigenvalue weighted by molar-refractivity contribution is -0.140. The van der Waals surface area contributed by atoms with E-state index in [0.717, 1.165) is 10.8 Å². The molecule has 0 amide bonds. The second-order valence-electron chi connectivity index (χ2n) is 5.57. The molecule has 0 saturated carbocycles. The monoisotopic (exact) mass is 384 g/mol. The number of aromatic nitrogens is 2. The molecule has 0 aliphatic heterocycles. The lowest BCUT2D eigenvalue weighted by Gasteiger charge is -1.94. The van der Waals surface area contributed by atoms with E-state index < -0.39 is 5.97 Å². The SMILES string of the molecule is C.COC(=O)Cc1noc2ccccc12.O=C(O)Cc1noc2ccccc12. The van der Waals surface area contributed by atoms with Crippen LogP contribution in [0.3, 0.4) is 0 Å². The van der Waals surface area contributed by atoms with Crippen LogP contribution in [0.1, 0.15) is 18.8 Å². The predicted molar refractivity (Wildman–Crippen MR) is 102 cm³/mol. The molecular weight excluding hydrogens is 364 g/mol. The fourth-order valence-electron chi connectivity index (χ4n) is 2.48. The zero-order valence-corrected chi connectivity index (χ0v) is 14.4. The highest BCUT2D eigenvalue weighted by Crippen LogP contribution is 2.18. The number of rotatable bonds is 4. The summed E-state index contributed by atoms with van der Waals surface area (Å²) in [6.07, 6.45) is 0.0462. The number of carbonyl (C=O) groups is 2. The number of fused-ring (bicyclic) bond motifs is 2. The smallest absolute Gasteiger partial charge is 0.311 e. The van der Waals surface area contributed by atoms with E-state index >= 15 is 0 Å². The van der Waals surface area contributed by atoms with E-state index in [1.165, 1.54) is 7.11 Å². The minimum atomic E-state index is -0.904. The van der Waals surface area contributed by atoms with Crippen molar-refractivity contribution in [2.75, 3.05) is 7.11 Å². The summed E-state index contributed by atoms with van der Waals surface area (Å²) in [5, 5.41) is 17.7. The highest BCUT2D eigenvalue weighted by Gasteiger charge is 2.11. The molecule has 2 aromatic heterocycles. The summed E-state index contributed by atoms with van der Waals surface area (Å²) in [6, 6.07) is 14.6. The van der Waals surface area contributed by atoms with Gasteiger partial charge in [0.25, 0.3) is 0 Å². The summed E-state index contributed by atoms with van der Waals surface area (Å²) in [5.41, 5.74) is 2.40. The van der Waals surface area contributed by atoms with E-state index in [0.29, 0.717) is 22.6 Å². The molecule has 0 bridgehead atoms. The normalized spacial score (nSPS) is 10.0. The van der Waals surface area contributed by atoms with E-state index in [-0.39, 0.29) is 26.2 Å². The summed E-state index contributed by atoms with van der Waals surface area (Å²) in [5.74, 6) is -1.22. The number of hydrogen-bond donors (Lipinski definition) is 1. The Kier molecular flexibility index (Phi) is 6.86.